The number of ether oxygens (including phenoxy) is 2. The number of nitrogens with one attached hydrogen (secondary N) is 1. The van der Waals surface area contributed by atoms with Crippen molar-refractivity contribution >= 4 is 0 Å². The van der Waals surface area contributed by atoms with Crippen LogP contribution in [0.5, 0.6) is 0 Å². The Balaban J connectivity index is 2.05. The summed E-state index contributed by atoms with van der Waals surface area (Å²) in [5, 5.41) is 3.52. The Morgan fingerprint density at radius 2 is 2.00 bits per heavy atom. The highest BCUT2D eigenvalue weighted by Crippen LogP contribution is 2.19. The van der Waals surface area contributed by atoms with Gasteiger partial charge in [-0.2, -0.15) is 0 Å². The summed E-state index contributed by atoms with van der Waals surface area (Å²) in [4.78, 5) is 0. The maximum absolute atomic E-state index is 5.84. The highest BCUT2D eigenvalue weighted by atomic mass is 16.5. The molecule has 1 aliphatic carbocycles. The molecule has 3 heteroatoms. The van der Waals surface area contributed by atoms with Crippen LogP contribution < -0.4 is 5.32 Å². The minimum atomic E-state index is 0.349. The molecule has 1 fully saturated rings. The minimum absolute atomic E-state index is 0.349. The molecule has 0 amide bonds. The molecule has 0 aromatic rings. The summed E-state index contributed by atoms with van der Waals surface area (Å²) in [7, 11) is 1.73. The third-order valence-corrected chi connectivity index (χ3v) is 2.75. The number of methoxy groups -OCH3 is 1. The first-order chi connectivity index (χ1) is 7.24. The van der Waals surface area contributed by atoms with E-state index < -0.39 is 0 Å². The van der Waals surface area contributed by atoms with Gasteiger partial charge in [0.15, 0.2) is 0 Å². The van der Waals surface area contributed by atoms with E-state index in [1.165, 1.54) is 12.8 Å². The summed E-state index contributed by atoms with van der Waals surface area (Å²) in [5.74, 6) is 0.582. The first-order valence-corrected chi connectivity index (χ1v) is 6.08. The number of hydrogen-bond donors (Lipinski definition) is 1. The SMILES string of the molecule is COCCCOC(CNC1CC1)C(C)C. The van der Waals surface area contributed by atoms with Crippen molar-refractivity contribution in [3.8, 4) is 0 Å². The fourth-order valence-electron chi connectivity index (χ4n) is 1.50. The van der Waals surface area contributed by atoms with Gasteiger partial charge in [0.1, 0.15) is 0 Å². The molecule has 0 aromatic heterocycles. The van der Waals surface area contributed by atoms with E-state index in [1.54, 1.807) is 7.11 Å². The van der Waals surface area contributed by atoms with Crippen molar-refractivity contribution in [3.63, 3.8) is 0 Å². The molecule has 1 rings (SSSR count). The lowest BCUT2D eigenvalue weighted by Crippen LogP contribution is -2.34. The molecule has 90 valence electrons. The first-order valence-electron chi connectivity index (χ1n) is 6.08. The van der Waals surface area contributed by atoms with Crippen molar-refractivity contribution in [1.82, 2.24) is 5.32 Å². The molecular weight excluding hydrogens is 190 g/mol. The zero-order chi connectivity index (χ0) is 11.1. The molecule has 1 unspecified atom stereocenters. The third kappa shape index (κ3) is 6.13. The predicted octanol–water partition coefficient (Wildman–Crippen LogP) is 1.82. The molecule has 3 nitrogen and oxygen atoms in total. The van der Waals surface area contributed by atoms with Crippen molar-refractivity contribution in [2.45, 2.75) is 45.3 Å². The monoisotopic (exact) mass is 215 g/mol. The lowest BCUT2D eigenvalue weighted by atomic mass is 10.1. The van der Waals surface area contributed by atoms with Gasteiger partial charge in [0.05, 0.1) is 6.10 Å². The van der Waals surface area contributed by atoms with Gasteiger partial charge in [-0.3, -0.25) is 0 Å². The van der Waals surface area contributed by atoms with Gasteiger partial charge < -0.3 is 14.8 Å². The summed E-state index contributed by atoms with van der Waals surface area (Å²) in [6.07, 6.45) is 4.02. The molecule has 15 heavy (non-hydrogen) atoms. The summed E-state index contributed by atoms with van der Waals surface area (Å²) in [5.41, 5.74) is 0. The van der Waals surface area contributed by atoms with E-state index in [0.29, 0.717) is 12.0 Å². The highest BCUT2D eigenvalue weighted by molar-refractivity contribution is 4.82. The second-order valence-corrected chi connectivity index (χ2v) is 4.68. The fourth-order valence-corrected chi connectivity index (χ4v) is 1.50. The lowest BCUT2D eigenvalue weighted by Gasteiger charge is -2.22. The zero-order valence-corrected chi connectivity index (χ0v) is 10.3. The summed E-state index contributed by atoms with van der Waals surface area (Å²) in [6.45, 7) is 7.03. The van der Waals surface area contributed by atoms with Gasteiger partial charge in [0, 0.05) is 32.9 Å². The van der Waals surface area contributed by atoms with Crippen LogP contribution in [0.15, 0.2) is 0 Å². The first kappa shape index (κ1) is 12.9. The van der Waals surface area contributed by atoms with Crippen molar-refractivity contribution in [3.05, 3.63) is 0 Å². The standard InChI is InChI=1S/C12H25NO2/c1-10(2)12(9-13-11-5-6-11)15-8-4-7-14-3/h10-13H,4-9H2,1-3H3. The van der Waals surface area contributed by atoms with Crippen LogP contribution in [0.4, 0.5) is 0 Å². The van der Waals surface area contributed by atoms with Gasteiger partial charge in [-0.1, -0.05) is 13.8 Å². The van der Waals surface area contributed by atoms with E-state index in [2.05, 4.69) is 19.2 Å². The van der Waals surface area contributed by atoms with Gasteiger partial charge in [-0.25, -0.2) is 0 Å². The molecule has 0 aliphatic heterocycles. The van der Waals surface area contributed by atoms with Crippen molar-refractivity contribution < 1.29 is 9.47 Å². The Kier molecular flexibility index (Phi) is 6.22. The molecule has 0 aromatic carbocycles. The van der Waals surface area contributed by atoms with Crippen molar-refractivity contribution in [1.29, 1.82) is 0 Å². The average molecular weight is 215 g/mol. The van der Waals surface area contributed by atoms with E-state index in [-0.39, 0.29) is 0 Å². The smallest absolute Gasteiger partial charge is 0.0722 e. The van der Waals surface area contributed by atoms with Crippen molar-refractivity contribution in [2.24, 2.45) is 5.92 Å². The van der Waals surface area contributed by atoms with Gasteiger partial charge in [-0.05, 0) is 25.2 Å². The van der Waals surface area contributed by atoms with Crippen LogP contribution in [-0.2, 0) is 9.47 Å². The normalized spacial score (nSPS) is 18.4. The molecule has 0 spiro atoms. The van der Waals surface area contributed by atoms with E-state index in [1.807, 2.05) is 0 Å². The molecule has 1 atom stereocenters. The van der Waals surface area contributed by atoms with Gasteiger partial charge >= 0.3 is 0 Å². The second-order valence-electron chi connectivity index (χ2n) is 4.68. The maximum atomic E-state index is 5.84. The molecular formula is C12H25NO2. The largest absolute Gasteiger partial charge is 0.385 e. The fraction of sp³-hybridized carbons (Fsp3) is 1.00. The van der Waals surface area contributed by atoms with Crippen molar-refractivity contribution in [2.75, 3.05) is 26.9 Å². The van der Waals surface area contributed by atoms with Crippen LogP contribution in [0.2, 0.25) is 0 Å². The van der Waals surface area contributed by atoms with E-state index in [4.69, 9.17) is 9.47 Å². The van der Waals surface area contributed by atoms with Crippen LogP contribution >= 0.6 is 0 Å². The molecule has 1 aliphatic rings. The van der Waals surface area contributed by atoms with Gasteiger partial charge in [0.2, 0.25) is 0 Å². The van der Waals surface area contributed by atoms with Gasteiger partial charge in [-0.15, -0.1) is 0 Å². The molecule has 0 saturated heterocycles. The summed E-state index contributed by atoms with van der Waals surface area (Å²) < 4.78 is 10.8. The van der Waals surface area contributed by atoms with E-state index in [9.17, 15) is 0 Å². The Hall–Kier alpha value is -0.120. The van der Waals surface area contributed by atoms with Crippen LogP contribution in [-0.4, -0.2) is 39.0 Å². The molecule has 0 radical (unpaired) electrons. The Morgan fingerprint density at radius 3 is 2.53 bits per heavy atom. The topological polar surface area (TPSA) is 30.5 Å². The van der Waals surface area contributed by atoms with E-state index >= 15 is 0 Å². The maximum Gasteiger partial charge on any atom is 0.0722 e. The third-order valence-electron chi connectivity index (χ3n) is 2.75. The molecule has 0 heterocycles. The average Bonchev–Trinajstić information content (AvgIpc) is 3.00. The van der Waals surface area contributed by atoms with Crippen LogP contribution in [0.25, 0.3) is 0 Å². The molecule has 1 saturated carbocycles. The van der Waals surface area contributed by atoms with Crippen LogP contribution in [0.1, 0.15) is 33.1 Å². The second kappa shape index (κ2) is 7.20. The Morgan fingerprint density at radius 1 is 1.27 bits per heavy atom. The molecule has 1 N–H and O–H groups in total. The quantitative estimate of drug-likeness (QED) is 0.595. The zero-order valence-electron chi connectivity index (χ0n) is 10.3. The Labute approximate surface area is 93.5 Å². The van der Waals surface area contributed by atoms with Gasteiger partial charge in [0.25, 0.3) is 0 Å². The Bertz CT molecular complexity index is 158. The number of hydrogen-bond acceptors (Lipinski definition) is 3. The minimum Gasteiger partial charge on any atom is -0.385 e. The summed E-state index contributed by atoms with van der Waals surface area (Å²) in [6, 6.07) is 0.772. The predicted molar refractivity (Wildman–Crippen MR) is 62.1 cm³/mol. The van der Waals surface area contributed by atoms with Crippen LogP contribution in [0.3, 0.4) is 0 Å². The molecule has 0 bridgehead atoms. The van der Waals surface area contributed by atoms with Crippen LogP contribution in [0, 0.1) is 5.92 Å². The highest BCUT2D eigenvalue weighted by Gasteiger charge is 2.23. The lowest BCUT2D eigenvalue weighted by molar-refractivity contribution is 0.0129. The number of rotatable bonds is 9. The van der Waals surface area contributed by atoms with E-state index in [0.717, 1.165) is 32.2 Å². The summed E-state index contributed by atoms with van der Waals surface area (Å²) >= 11 is 0.